The zero-order valence-corrected chi connectivity index (χ0v) is 26.0. The lowest BCUT2D eigenvalue weighted by molar-refractivity contribution is -0.138. The minimum atomic E-state index is -0.700. The third-order valence-electron chi connectivity index (χ3n) is 7.05. The molecule has 2 atom stereocenters. The fraction of sp³-hybridized carbons (Fsp3) is 0.433. The zero-order chi connectivity index (χ0) is 31.8. The number of aromatic nitrogens is 2. The van der Waals surface area contributed by atoms with Crippen LogP contribution < -0.4 is 16.0 Å². The van der Waals surface area contributed by atoms with Crippen molar-refractivity contribution in [1.82, 2.24) is 35.7 Å². The maximum absolute atomic E-state index is 13.4. The molecule has 14 heteroatoms. The second kappa shape index (κ2) is 14.7. The van der Waals surface area contributed by atoms with Crippen LogP contribution in [0.25, 0.3) is 0 Å². The van der Waals surface area contributed by atoms with Gasteiger partial charge in [0.05, 0.1) is 12.6 Å². The Bertz CT molecular complexity index is 1490. The summed E-state index contributed by atoms with van der Waals surface area (Å²) in [6, 6.07) is 8.26. The summed E-state index contributed by atoms with van der Waals surface area (Å²) >= 11 is 1.24. The minimum absolute atomic E-state index is 0.00338. The summed E-state index contributed by atoms with van der Waals surface area (Å²) in [5.74, 6) is -1.99. The van der Waals surface area contributed by atoms with E-state index in [-0.39, 0.29) is 61.6 Å². The average molecular weight is 624 g/mol. The normalized spacial score (nSPS) is 18.1. The van der Waals surface area contributed by atoms with Gasteiger partial charge in [-0.2, -0.15) is 0 Å². The third kappa shape index (κ3) is 8.49. The Morgan fingerprint density at radius 3 is 2.50 bits per heavy atom. The van der Waals surface area contributed by atoms with Crippen LogP contribution in [-0.2, 0) is 20.8 Å². The van der Waals surface area contributed by atoms with Crippen molar-refractivity contribution in [3.8, 4) is 0 Å². The predicted molar refractivity (Wildman–Crippen MR) is 162 cm³/mol. The van der Waals surface area contributed by atoms with Crippen LogP contribution in [0.2, 0.25) is 0 Å². The Morgan fingerprint density at radius 1 is 1.05 bits per heavy atom. The van der Waals surface area contributed by atoms with E-state index < -0.39 is 35.7 Å². The molecule has 3 aromatic rings. The third-order valence-corrected chi connectivity index (χ3v) is 7.98. The van der Waals surface area contributed by atoms with Gasteiger partial charge in [-0.05, 0) is 11.5 Å². The van der Waals surface area contributed by atoms with E-state index in [1.807, 2.05) is 44.2 Å². The number of hydrogen-bond donors (Lipinski definition) is 3. The van der Waals surface area contributed by atoms with Gasteiger partial charge in [0, 0.05) is 51.8 Å². The number of amides is 5. The Hall–Kier alpha value is -4.59. The highest BCUT2D eigenvalue weighted by Gasteiger charge is 2.28. The van der Waals surface area contributed by atoms with E-state index in [0.717, 1.165) is 5.56 Å². The first-order valence-corrected chi connectivity index (χ1v) is 15.2. The van der Waals surface area contributed by atoms with E-state index >= 15 is 0 Å². The summed E-state index contributed by atoms with van der Waals surface area (Å²) in [4.78, 5) is 76.3. The molecule has 0 aliphatic carbocycles. The van der Waals surface area contributed by atoms with Crippen molar-refractivity contribution in [1.29, 1.82) is 0 Å². The van der Waals surface area contributed by atoms with Crippen LogP contribution in [0.5, 0.6) is 0 Å². The minimum Gasteiger partial charge on any atom is -0.446 e. The summed E-state index contributed by atoms with van der Waals surface area (Å²) in [5.41, 5.74) is 1.08. The molecule has 0 unspecified atom stereocenters. The van der Waals surface area contributed by atoms with E-state index in [1.54, 1.807) is 19.5 Å². The number of carbonyl (C=O) groups excluding carboxylic acids is 5. The first-order chi connectivity index (χ1) is 21.0. The van der Waals surface area contributed by atoms with Crippen LogP contribution in [0.1, 0.15) is 76.2 Å². The lowest BCUT2D eigenvalue weighted by Crippen LogP contribution is -2.45. The quantitative estimate of drug-likeness (QED) is 0.375. The van der Waals surface area contributed by atoms with Crippen molar-refractivity contribution in [2.24, 2.45) is 5.92 Å². The van der Waals surface area contributed by atoms with Crippen LogP contribution in [0.3, 0.4) is 0 Å². The number of benzene rings is 1. The van der Waals surface area contributed by atoms with E-state index in [9.17, 15) is 24.0 Å². The first-order valence-electron chi connectivity index (χ1n) is 14.3. The molecule has 44 heavy (non-hydrogen) atoms. The van der Waals surface area contributed by atoms with Crippen LogP contribution >= 0.6 is 11.3 Å². The smallest absolute Gasteiger partial charge is 0.273 e. The monoisotopic (exact) mass is 623 g/mol. The lowest BCUT2D eigenvalue weighted by Gasteiger charge is -2.25. The van der Waals surface area contributed by atoms with E-state index in [0.29, 0.717) is 11.4 Å². The molecule has 13 nitrogen and oxygen atoms in total. The van der Waals surface area contributed by atoms with Gasteiger partial charge in [-0.25, -0.2) is 9.97 Å². The van der Waals surface area contributed by atoms with Crippen molar-refractivity contribution >= 4 is 40.9 Å². The molecule has 4 bridgehead atoms. The maximum Gasteiger partial charge on any atom is 0.273 e. The topological polar surface area (TPSA) is 167 Å². The first kappa shape index (κ1) is 32.3. The van der Waals surface area contributed by atoms with Gasteiger partial charge in [0.25, 0.3) is 11.8 Å². The van der Waals surface area contributed by atoms with Crippen molar-refractivity contribution in [3.05, 3.63) is 69.8 Å². The highest BCUT2D eigenvalue weighted by atomic mass is 32.1. The molecular weight excluding hydrogens is 586 g/mol. The highest BCUT2D eigenvalue weighted by Crippen LogP contribution is 2.26. The Labute approximate surface area is 259 Å². The van der Waals surface area contributed by atoms with Crippen molar-refractivity contribution in [2.45, 2.75) is 45.2 Å². The molecular formula is C30H37N7O6S. The number of thiazole rings is 1. The summed E-state index contributed by atoms with van der Waals surface area (Å²) < 4.78 is 5.66. The number of hydrogen-bond acceptors (Lipinski definition) is 9. The number of carbonyl (C=O) groups is 5. The van der Waals surface area contributed by atoms with Crippen molar-refractivity contribution in [2.75, 3.05) is 33.7 Å². The van der Waals surface area contributed by atoms with E-state index in [2.05, 4.69) is 25.9 Å². The fourth-order valence-corrected chi connectivity index (χ4v) is 5.58. The second-order valence-corrected chi connectivity index (χ2v) is 11.9. The van der Waals surface area contributed by atoms with Gasteiger partial charge in [-0.1, -0.05) is 44.2 Å². The van der Waals surface area contributed by atoms with Crippen LogP contribution in [0.4, 0.5) is 0 Å². The molecule has 1 aliphatic rings. The standard InChI is InChI=1S/C30H37N7O6S/c1-18(2)26-30-34-22(17-44-30)28(42)32-20(14-19-8-6-5-7-9-19)29-33-21(16-43-29)27(41)31-12-13-37(15-23(38)35-26)25(40)11-10-24(39)36(3)4/h5-9,16-18,20,26H,10-15H2,1-4H3,(H,31,41)(H,32,42)(H,35,38)/t20-,26-/m0/s1. The molecule has 0 saturated heterocycles. The van der Waals surface area contributed by atoms with Crippen LogP contribution in [0.15, 0.2) is 46.4 Å². The van der Waals surface area contributed by atoms with Gasteiger partial charge in [0.1, 0.15) is 23.0 Å². The molecule has 3 N–H and O–H groups in total. The molecule has 1 aromatic carbocycles. The SMILES string of the molecule is CC(C)[C@@H]1NC(=O)CN(C(=O)CCC(=O)N(C)C)CCNC(=O)c2coc(n2)[C@H](Cc2ccccc2)NC(=O)c2csc1n2. The molecule has 0 spiro atoms. The summed E-state index contributed by atoms with van der Waals surface area (Å²) in [6.45, 7) is 3.59. The molecule has 3 heterocycles. The number of nitrogens with one attached hydrogen (secondary N) is 3. The van der Waals surface area contributed by atoms with Gasteiger partial charge < -0.3 is 30.2 Å². The van der Waals surface area contributed by atoms with Crippen molar-refractivity contribution < 1.29 is 28.4 Å². The average Bonchev–Trinajstić information content (AvgIpc) is 3.68. The van der Waals surface area contributed by atoms with Gasteiger partial charge in [0.15, 0.2) is 5.69 Å². The van der Waals surface area contributed by atoms with Crippen LogP contribution in [0, 0.1) is 5.92 Å². The van der Waals surface area contributed by atoms with Gasteiger partial charge in [-0.3, -0.25) is 24.0 Å². The largest absolute Gasteiger partial charge is 0.446 e. The zero-order valence-electron chi connectivity index (χ0n) is 25.2. The second-order valence-electron chi connectivity index (χ2n) is 11.0. The van der Waals surface area contributed by atoms with Gasteiger partial charge in [-0.15, -0.1) is 11.3 Å². The van der Waals surface area contributed by atoms with Gasteiger partial charge >= 0.3 is 0 Å². The van der Waals surface area contributed by atoms with E-state index in [1.165, 1.54) is 27.4 Å². The maximum atomic E-state index is 13.4. The molecule has 0 radical (unpaired) electrons. The molecule has 0 saturated carbocycles. The van der Waals surface area contributed by atoms with Crippen molar-refractivity contribution in [3.63, 3.8) is 0 Å². The van der Waals surface area contributed by atoms with Crippen LogP contribution in [-0.4, -0.2) is 83.0 Å². The predicted octanol–water partition coefficient (Wildman–Crippen LogP) is 2.10. The molecule has 234 valence electrons. The fourth-order valence-electron chi connectivity index (χ4n) is 4.56. The molecule has 0 fully saturated rings. The van der Waals surface area contributed by atoms with E-state index in [4.69, 9.17) is 4.42 Å². The van der Waals surface area contributed by atoms with Gasteiger partial charge in [0.2, 0.25) is 23.6 Å². The number of oxazole rings is 1. The Morgan fingerprint density at radius 2 is 1.80 bits per heavy atom. The Kier molecular flexibility index (Phi) is 10.8. The molecule has 5 amide bonds. The summed E-state index contributed by atoms with van der Waals surface area (Å²) in [7, 11) is 3.21. The molecule has 1 aliphatic heterocycles. The molecule has 2 aromatic heterocycles. The lowest BCUT2D eigenvalue weighted by atomic mass is 10.0. The molecule has 4 rings (SSSR count). The summed E-state index contributed by atoms with van der Waals surface area (Å²) in [6.07, 6.45) is 1.45. The Balaban J connectivity index is 1.63. The number of rotatable bonds is 6. The number of nitrogens with zero attached hydrogens (tertiary/aromatic N) is 4. The highest BCUT2D eigenvalue weighted by molar-refractivity contribution is 7.09. The number of fused-ring (bicyclic) bond motifs is 4. The summed E-state index contributed by atoms with van der Waals surface area (Å²) in [5, 5.41) is 10.7.